The molecule has 0 heterocycles. The van der Waals surface area contributed by atoms with Crippen molar-refractivity contribution in [2.45, 2.75) is 23.6 Å². The Morgan fingerprint density at radius 3 is 2.21 bits per heavy atom. The van der Waals surface area contributed by atoms with Gasteiger partial charge in [-0.2, -0.15) is 13.2 Å². The third kappa shape index (κ3) is 6.35. The summed E-state index contributed by atoms with van der Waals surface area (Å²) < 4.78 is 65.7. The van der Waals surface area contributed by atoms with Crippen LogP contribution >= 0.6 is 11.6 Å². The van der Waals surface area contributed by atoms with Crippen LogP contribution in [0.15, 0.2) is 47.4 Å². The first-order valence-corrected chi connectivity index (χ1v) is 11.0. The standard InChI is InChI=1S/C19H19ClF3N3O6S/c1-18(30,19(21,22)23)17(29)25-15-7-6-13(10-14(15)20)33(31,32)26-12-4-2-11(3-5-12)16(28)24-8-9-27/h2-7,10,26-27,30H,8-9H2,1H3,(H,24,28)(H,25,29)/t18-/m1/s1. The molecular formula is C19H19ClF3N3O6S. The lowest BCUT2D eigenvalue weighted by molar-refractivity contribution is -0.242. The molecule has 0 saturated heterocycles. The van der Waals surface area contributed by atoms with Crippen molar-refractivity contribution in [3.63, 3.8) is 0 Å². The predicted octanol–water partition coefficient (Wildman–Crippen LogP) is 2.11. The lowest BCUT2D eigenvalue weighted by atomic mass is 10.1. The predicted molar refractivity (Wildman–Crippen MR) is 113 cm³/mol. The highest BCUT2D eigenvalue weighted by molar-refractivity contribution is 7.92. The number of carbonyl (C=O) groups is 2. The summed E-state index contributed by atoms with van der Waals surface area (Å²) in [7, 11) is -4.19. The van der Waals surface area contributed by atoms with Crippen molar-refractivity contribution in [1.29, 1.82) is 0 Å². The molecule has 2 rings (SSSR count). The molecule has 0 fully saturated rings. The van der Waals surface area contributed by atoms with Crippen LogP contribution in [0.1, 0.15) is 17.3 Å². The van der Waals surface area contributed by atoms with Crippen molar-refractivity contribution in [2.75, 3.05) is 23.2 Å². The van der Waals surface area contributed by atoms with Crippen LogP contribution in [-0.2, 0) is 14.8 Å². The number of anilines is 2. The molecule has 14 heteroatoms. The van der Waals surface area contributed by atoms with Crippen LogP contribution in [0.4, 0.5) is 24.5 Å². The minimum absolute atomic E-state index is 0.0537. The number of sulfonamides is 1. The molecule has 2 aromatic rings. The van der Waals surface area contributed by atoms with Crippen molar-refractivity contribution in [3.8, 4) is 0 Å². The molecule has 9 nitrogen and oxygen atoms in total. The molecule has 0 aromatic heterocycles. The quantitative estimate of drug-likeness (QED) is 0.368. The Bertz CT molecular complexity index is 1140. The van der Waals surface area contributed by atoms with Gasteiger partial charge >= 0.3 is 6.18 Å². The topological polar surface area (TPSA) is 145 Å². The van der Waals surface area contributed by atoms with E-state index < -0.39 is 33.6 Å². The maximum absolute atomic E-state index is 12.8. The van der Waals surface area contributed by atoms with E-state index >= 15 is 0 Å². The van der Waals surface area contributed by atoms with E-state index in [1.807, 2.05) is 5.32 Å². The number of aliphatic hydroxyl groups is 2. The van der Waals surface area contributed by atoms with E-state index in [4.69, 9.17) is 16.7 Å². The number of amides is 2. The van der Waals surface area contributed by atoms with E-state index in [2.05, 4.69) is 10.0 Å². The second kappa shape index (κ2) is 9.95. The van der Waals surface area contributed by atoms with Gasteiger partial charge in [-0.05, 0) is 49.4 Å². The Labute approximate surface area is 191 Å². The van der Waals surface area contributed by atoms with Crippen molar-refractivity contribution < 1.29 is 41.4 Å². The maximum atomic E-state index is 12.8. The van der Waals surface area contributed by atoms with Crippen molar-refractivity contribution >= 4 is 44.8 Å². The van der Waals surface area contributed by atoms with Crippen LogP contribution in [0.5, 0.6) is 0 Å². The molecule has 0 aliphatic carbocycles. The van der Waals surface area contributed by atoms with Gasteiger partial charge in [-0.3, -0.25) is 14.3 Å². The molecule has 0 aliphatic rings. The molecule has 0 bridgehead atoms. The third-order valence-electron chi connectivity index (χ3n) is 4.29. The highest BCUT2D eigenvalue weighted by atomic mass is 35.5. The zero-order valence-electron chi connectivity index (χ0n) is 16.9. The summed E-state index contributed by atoms with van der Waals surface area (Å²) in [5, 5.41) is 22.0. The third-order valence-corrected chi connectivity index (χ3v) is 5.98. The molecule has 2 amide bonds. The molecule has 5 N–H and O–H groups in total. The lowest BCUT2D eigenvalue weighted by Gasteiger charge is -2.25. The van der Waals surface area contributed by atoms with Crippen molar-refractivity contribution in [1.82, 2.24) is 5.32 Å². The smallest absolute Gasteiger partial charge is 0.395 e. The van der Waals surface area contributed by atoms with Crippen LogP contribution in [0.3, 0.4) is 0 Å². The number of hydrogen-bond donors (Lipinski definition) is 5. The Balaban J connectivity index is 2.16. The molecule has 0 aliphatic heterocycles. The minimum Gasteiger partial charge on any atom is -0.395 e. The first-order chi connectivity index (χ1) is 15.2. The number of aliphatic hydroxyl groups excluding tert-OH is 1. The average molecular weight is 510 g/mol. The van der Waals surface area contributed by atoms with Gasteiger partial charge in [0, 0.05) is 17.8 Å². The van der Waals surface area contributed by atoms with Gasteiger partial charge < -0.3 is 20.8 Å². The molecular weight excluding hydrogens is 491 g/mol. The zero-order valence-corrected chi connectivity index (χ0v) is 18.5. The number of carbonyl (C=O) groups excluding carboxylic acids is 2. The summed E-state index contributed by atoms with van der Waals surface area (Å²) in [6.45, 7) is 0.0784. The lowest BCUT2D eigenvalue weighted by Crippen LogP contribution is -2.52. The number of nitrogens with one attached hydrogen (secondary N) is 3. The van der Waals surface area contributed by atoms with E-state index in [0.29, 0.717) is 0 Å². The van der Waals surface area contributed by atoms with Crippen molar-refractivity contribution in [2.24, 2.45) is 0 Å². The Hall–Kier alpha value is -2.87. The SMILES string of the molecule is C[C@@](O)(C(=O)Nc1ccc(S(=O)(=O)Nc2ccc(C(=O)NCCO)cc2)cc1Cl)C(F)(F)F. The minimum atomic E-state index is -5.24. The van der Waals surface area contributed by atoms with E-state index in [1.165, 1.54) is 24.3 Å². The average Bonchev–Trinajstić information content (AvgIpc) is 2.72. The van der Waals surface area contributed by atoms with E-state index in [0.717, 1.165) is 18.2 Å². The largest absolute Gasteiger partial charge is 0.426 e. The summed E-state index contributed by atoms with van der Waals surface area (Å²) in [6, 6.07) is 8.20. The van der Waals surface area contributed by atoms with Gasteiger partial charge in [0.15, 0.2) is 0 Å². The maximum Gasteiger partial charge on any atom is 0.426 e. The molecule has 180 valence electrons. The summed E-state index contributed by atoms with van der Waals surface area (Å²) in [4.78, 5) is 23.2. The van der Waals surface area contributed by atoms with Crippen molar-refractivity contribution in [3.05, 3.63) is 53.1 Å². The Morgan fingerprint density at radius 2 is 1.70 bits per heavy atom. The van der Waals surface area contributed by atoms with E-state index in [9.17, 15) is 36.3 Å². The number of hydrogen-bond acceptors (Lipinski definition) is 6. The highest BCUT2D eigenvalue weighted by Crippen LogP contribution is 2.33. The Kier molecular flexibility index (Phi) is 7.96. The Morgan fingerprint density at radius 1 is 1.09 bits per heavy atom. The highest BCUT2D eigenvalue weighted by Gasteiger charge is 2.55. The number of rotatable bonds is 8. The number of alkyl halides is 3. The van der Waals surface area contributed by atoms with Gasteiger partial charge in [0.1, 0.15) is 0 Å². The zero-order chi connectivity index (χ0) is 25.0. The second-order valence-corrected chi connectivity index (χ2v) is 8.92. The molecule has 0 radical (unpaired) electrons. The fourth-order valence-corrected chi connectivity index (χ4v) is 3.69. The van der Waals surface area contributed by atoms with Crippen LogP contribution < -0.4 is 15.4 Å². The van der Waals surface area contributed by atoms with Crippen LogP contribution in [0.2, 0.25) is 5.02 Å². The van der Waals surface area contributed by atoms with Crippen LogP contribution in [0.25, 0.3) is 0 Å². The second-order valence-electron chi connectivity index (χ2n) is 6.83. The molecule has 33 heavy (non-hydrogen) atoms. The van der Waals surface area contributed by atoms with Gasteiger partial charge in [-0.1, -0.05) is 11.6 Å². The first-order valence-electron chi connectivity index (χ1n) is 9.11. The number of halogens is 4. The van der Waals surface area contributed by atoms with E-state index in [1.54, 1.807) is 0 Å². The van der Waals surface area contributed by atoms with Crippen LogP contribution in [-0.4, -0.2) is 55.4 Å². The summed E-state index contributed by atoms with van der Waals surface area (Å²) >= 11 is 5.91. The monoisotopic (exact) mass is 509 g/mol. The normalized spacial score (nSPS) is 13.7. The van der Waals surface area contributed by atoms with Gasteiger partial charge in [-0.25, -0.2) is 8.42 Å². The van der Waals surface area contributed by atoms with Crippen LogP contribution in [0, 0.1) is 0 Å². The fraction of sp³-hybridized carbons (Fsp3) is 0.263. The molecule has 1 atom stereocenters. The summed E-state index contributed by atoms with van der Waals surface area (Å²) in [5.74, 6) is -2.26. The fourth-order valence-electron chi connectivity index (χ4n) is 2.31. The molecule has 0 spiro atoms. The molecule has 0 saturated carbocycles. The summed E-state index contributed by atoms with van der Waals surface area (Å²) in [6.07, 6.45) is -5.24. The number of benzene rings is 2. The van der Waals surface area contributed by atoms with Gasteiger partial charge in [0.25, 0.3) is 21.8 Å². The summed E-state index contributed by atoms with van der Waals surface area (Å²) in [5.41, 5.74) is -3.71. The van der Waals surface area contributed by atoms with E-state index in [-0.39, 0.29) is 46.9 Å². The molecule has 2 aromatic carbocycles. The van der Waals surface area contributed by atoms with Gasteiger partial charge in [0.05, 0.1) is 22.2 Å². The first kappa shape index (κ1) is 26.4. The molecule has 0 unspecified atom stereocenters. The van der Waals surface area contributed by atoms with Gasteiger partial charge in [0.2, 0.25) is 5.60 Å². The van der Waals surface area contributed by atoms with Gasteiger partial charge in [-0.15, -0.1) is 0 Å².